The van der Waals surface area contributed by atoms with Crippen molar-refractivity contribution in [3.05, 3.63) is 29.8 Å². The van der Waals surface area contributed by atoms with Gasteiger partial charge in [-0.15, -0.1) is 0 Å². The van der Waals surface area contributed by atoms with Crippen molar-refractivity contribution in [3.63, 3.8) is 0 Å². The minimum Gasteiger partial charge on any atom is -0.481 e. The zero-order valence-corrected chi connectivity index (χ0v) is 11.8. The van der Waals surface area contributed by atoms with Crippen LogP contribution in [0.2, 0.25) is 0 Å². The Hall–Kier alpha value is -2.04. The number of carboxylic acid groups (broad SMARTS) is 1. The maximum Gasteiger partial charge on any atom is 0.321 e. The summed E-state index contributed by atoms with van der Waals surface area (Å²) < 4.78 is 0. The van der Waals surface area contributed by atoms with Crippen LogP contribution in [0.5, 0.6) is 0 Å². The van der Waals surface area contributed by atoms with E-state index in [0.29, 0.717) is 6.54 Å². The van der Waals surface area contributed by atoms with E-state index >= 15 is 0 Å². The van der Waals surface area contributed by atoms with E-state index in [2.05, 4.69) is 12.2 Å². The molecule has 2 N–H and O–H groups in total. The van der Waals surface area contributed by atoms with Crippen molar-refractivity contribution in [2.75, 3.05) is 18.4 Å². The molecule has 20 heavy (non-hydrogen) atoms. The highest BCUT2D eigenvalue weighted by molar-refractivity contribution is 5.90. The minimum atomic E-state index is -0.833. The predicted octanol–water partition coefficient (Wildman–Crippen LogP) is 2.43. The van der Waals surface area contributed by atoms with Gasteiger partial charge in [0.15, 0.2) is 0 Å². The molecule has 1 fully saturated rings. The molecule has 1 aliphatic rings. The van der Waals surface area contributed by atoms with Gasteiger partial charge in [0.2, 0.25) is 0 Å². The first-order valence-corrected chi connectivity index (χ1v) is 6.89. The highest BCUT2D eigenvalue weighted by Crippen LogP contribution is 2.24. The van der Waals surface area contributed by atoms with Crippen LogP contribution >= 0.6 is 0 Å². The number of benzene rings is 1. The molecule has 1 aliphatic heterocycles. The lowest BCUT2D eigenvalue weighted by Gasteiger charge is -2.17. The Morgan fingerprint density at radius 2 is 1.95 bits per heavy atom. The number of nitrogens with zero attached hydrogens (tertiary/aromatic N) is 1. The Labute approximate surface area is 118 Å². The van der Waals surface area contributed by atoms with Crippen molar-refractivity contribution in [2.24, 2.45) is 11.8 Å². The van der Waals surface area contributed by atoms with E-state index in [-0.39, 0.29) is 18.5 Å². The normalized spacial score (nSPS) is 21.8. The van der Waals surface area contributed by atoms with Gasteiger partial charge in [0.25, 0.3) is 0 Å². The zero-order valence-electron chi connectivity index (χ0n) is 11.8. The summed E-state index contributed by atoms with van der Waals surface area (Å²) in [6, 6.07) is 7.45. The molecule has 108 valence electrons. The fourth-order valence-electron chi connectivity index (χ4n) is 2.48. The number of rotatable bonds is 3. The lowest BCUT2D eigenvalue weighted by Crippen LogP contribution is -2.33. The molecule has 2 amide bonds. The van der Waals surface area contributed by atoms with Gasteiger partial charge in [0.05, 0.1) is 5.92 Å². The first kappa shape index (κ1) is 14.4. The highest BCUT2D eigenvalue weighted by Gasteiger charge is 2.36. The molecule has 0 bridgehead atoms. The van der Waals surface area contributed by atoms with Crippen LogP contribution in [-0.2, 0) is 11.2 Å². The predicted molar refractivity (Wildman–Crippen MR) is 76.7 cm³/mol. The third-order valence-corrected chi connectivity index (χ3v) is 3.83. The van der Waals surface area contributed by atoms with Crippen molar-refractivity contribution < 1.29 is 14.7 Å². The Kier molecular flexibility index (Phi) is 4.27. The van der Waals surface area contributed by atoms with Gasteiger partial charge in [-0.2, -0.15) is 0 Å². The average Bonchev–Trinajstić information content (AvgIpc) is 2.82. The number of carbonyl (C=O) groups is 2. The number of aliphatic carboxylic acids is 1. The highest BCUT2D eigenvalue weighted by atomic mass is 16.4. The smallest absolute Gasteiger partial charge is 0.321 e. The first-order chi connectivity index (χ1) is 9.51. The SMILES string of the molecule is CCc1ccc(NC(=O)N2C[C@@H](C)[C@H](C(=O)O)C2)cc1. The third-order valence-electron chi connectivity index (χ3n) is 3.83. The molecular weight excluding hydrogens is 256 g/mol. The molecule has 1 aromatic carbocycles. The summed E-state index contributed by atoms with van der Waals surface area (Å²) in [7, 11) is 0. The van der Waals surface area contributed by atoms with Crippen LogP contribution in [0.4, 0.5) is 10.5 Å². The number of likely N-dealkylation sites (tertiary alicyclic amines) is 1. The molecule has 5 nitrogen and oxygen atoms in total. The van der Waals surface area contributed by atoms with Gasteiger partial charge in [-0.3, -0.25) is 4.79 Å². The van der Waals surface area contributed by atoms with E-state index in [1.54, 1.807) is 4.90 Å². The number of aryl methyl sites for hydroxylation is 1. The van der Waals surface area contributed by atoms with Gasteiger partial charge < -0.3 is 15.3 Å². The van der Waals surface area contributed by atoms with Crippen LogP contribution in [0.25, 0.3) is 0 Å². The molecule has 0 radical (unpaired) electrons. The fourth-order valence-corrected chi connectivity index (χ4v) is 2.48. The maximum atomic E-state index is 12.1. The Morgan fingerprint density at radius 1 is 1.30 bits per heavy atom. The van der Waals surface area contributed by atoms with Gasteiger partial charge in [0, 0.05) is 18.8 Å². The zero-order chi connectivity index (χ0) is 14.7. The second kappa shape index (κ2) is 5.94. The molecule has 0 saturated carbocycles. The van der Waals surface area contributed by atoms with Gasteiger partial charge in [-0.05, 0) is 30.0 Å². The Morgan fingerprint density at radius 3 is 2.45 bits per heavy atom. The molecular formula is C15H20N2O3. The first-order valence-electron chi connectivity index (χ1n) is 6.89. The van der Waals surface area contributed by atoms with Crippen LogP contribution in [0.1, 0.15) is 19.4 Å². The second-order valence-corrected chi connectivity index (χ2v) is 5.31. The fraction of sp³-hybridized carbons (Fsp3) is 0.467. The number of carboxylic acids is 1. The summed E-state index contributed by atoms with van der Waals surface area (Å²) in [6.45, 7) is 4.69. The Balaban J connectivity index is 1.96. The third kappa shape index (κ3) is 3.10. The molecule has 2 atom stereocenters. The van der Waals surface area contributed by atoms with Crippen LogP contribution in [-0.4, -0.2) is 35.1 Å². The van der Waals surface area contributed by atoms with E-state index in [0.717, 1.165) is 12.1 Å². The number of urea groups is 1. The number of amides is 2. The van der Waals surface area contributed by atoms with Crippen LogP contribution < -0.4 is 5.32 Å². The number of anilines is 1. The van der Waals surface area contributed by atoms with E-state index in [1.165, 1.54) is 5.56 Å². The monoisotopic (exact) mass is 276 g/mol. The standard InChI is InChI=1S/C15H20N2O3/c1-3-11-4-6-12(7-5-11)16-15(20)17-8-10(2)13(9-17)14(18)19/h4-7,10,13H,3,8-9H2,1-2H3,(H,16,20)(H,18,19)/t10-,13-/m1/s1. The van der Waals surface area contributed by atoms with Crippen molar-refractivity contribution in [1.29, 1.82) is 0 Å². The summed E-state index contributed by atoms with van der Waals surface area (Å²) in [5.41, 5.74) is 1.95. The average molecular weight is 276 g/mol. The minimum absolute atomic E-state index is 0.0132. The van der Waals surface area contributed by atoms with Crippen LogP contribution in [0, 0.1) is 11.8 Å². The van der Waals surface area contributed by atoms with Gasteiger partial charge in [0.1, 0.15) is 0 Å². The molecule has 1 aromatic rings. The molecule has 1 heterocycles. The van der Waals surface area contributed by atoms with Gasteiger partial charge in [-0.1, -0.05) is 26.0 Å². The summed E-state index contributed by atoms with van der Waals surface area (Å²) in [6.07, 6.45) is 0.957. The number of hydrogen-bond acceptors (Lipinski definition) is 2. The molecule has 0 spiro atoms. The summed E-state index contributed by atoms with van der Waals surface area (Å²) >= 11 is 0. The number of hydrogen-bond donors (Lipinski definition) is 2. The molecule has 0 unspecified atom stereocenters. The number of carbonyl (C=O) groups excluding carboxylic acids is 1. The second-order valence-electron chi connectivity index (χ2n) is 5.31. The summed E-state index contributed by atoms with van der Waals surface area (Å²) in [4.78, 5) is 24.7. The molecule has 0 aliphatic carbocycles. The quantitative estimate of drug-likeness (QED) is 0.890. The Bertz CT molecular complexity index is 498. The molecule has 5 heteroatoms. The van der Waals surface area contributed by atoms with Crippen molar-refractivity contribution in [3.8, 4) is 0 Å². The van der Waals surface area contributed by atoms with Crippen molar-refractivity contribution in [1.82, 2.24) is 4.90 Å². The van der Waals surface area contributed by atoms with Crippen molar-refractivity contribution in [2.45, 2.75) is 20.3 Å². The van der Waals surface area contributed by atoms with E-state index in [1.807, 2.05) is 31.2 Å². The van der Waals surface area contributed by atoms with Gasteiger partial charge in [-0.25, -0.2) is 4.79 Å². The topological polar surface area (TPSA) is 69.6 Å². The molecule has 1 saturated heterocycles. The van der Waals surface area contributed by atoms with Crippen molar-refractivity contribution >= 4 is 17.7 Å². The van der Waals surface area contributed by atoms with E-state index < -0.39 is 11.9 Å². The van der Waals surface area contributed by atoms with E-state index in [4.69, 9.17) is 5.11 Å². The summed E-state index contributed by atoms with van der Waals surface area (Å²) in [5.74, 6) is -1.32. The van der Waals surface area contributed by atoms with Crippen LogP contribution in [0.15, 0.2) is 24.3 Å². The number of nitrogens with one attached hydrogen (secondary N) is 1. The molecule has 0 aromatic heterocycles. The largest absolute Gasteiger partial charge is 0.481 e. The maximum absolute atomic E-state index is 12.1. The lowest BCUT2D eigenvalue weighted by atomic mass is 9.99. The summed E-state index contributed by atoms with van der Waals surface area (Å²) in [5, 5.41) is 11.9. The lowest BCUT2D eigenvalue weighted by molar-refractivity contribution is -0.142. The van der Waals surface area contributed by atoms with Crippen LogP contribution in [0.3, 0.4) is 0 Å². The van der Waals surface area contributed by atoms with Gasteiger partial charge >= 0.3 is 12.0 Å². The molecule has 2 rings (SSSR count). The van der Waals surface area contributed by atoms with E-state index in [9.17, 15) is 9.59 Å².